The Bertz CT molecular complexity index is 1350. The van der Waals surface area contributed by atoms with Crippen LogP contribution in [0.15, 0.2) is 18.2 Å². The van der Waals surface area contributed by atoms with Crippen LogP contribution in [0.4, 0.5) is 0 Å². The first-order chi connectivity index (χ1) is 18.9. The molecule has 2 aromatic rings. The lowest BCUT2D eigenvalue weighted by molar-refractivity contribution is -0.131. The summed E-state index contributed by atoms with van der Waals surface area (Å²) in [5.74, 6) is -1.44. The number of halogens is 1. The molecular weight excluding hydrogens is 534 g/mol. The van der Waals surface area contributed by atoms with E-state index in [1.807, 2.05) is 13.8 Å². The maximum absolute atomic E-state index is 13.9. The van der Waals surface area contributed by atoms with Crippen molar-refractivity contribution in [1.82, 2.24) is 20.5 Å². The molecule has 3 fully saturated rings. The Hall–Kier alpha value is -3.27. The number of hydrogen-bond donors (Lipinski definition) is 4. The molecule has 1 aliphatic carbocycles. The lowest BCUT2D eigenvalue weighted by atomic mass is 9.72. The zero-order chi connectivity index (χ0) is 28.8. The molecule has 3 atom stereocenters. The molecule has 5 N–H and O–H groups in total. The third kappa shape index (κ3) is 5.50. The van der Waals surface area contributed by atoms with Crippen LogP contribution in [0.3, 0.4) is 0 Å². The molecule has 1 aromatic heterocycles. The van der Waals surface area contributed by atoms with Gasteiger partial charge in [0.1, 0.15) is 23.5 Å². The van der Waals surface area contributed by atoms with E-state index in [-0.39, 0.29) is 29.2 Å². The van der Waals surface area contributed by atoms with E-state index in [0.717, 1.165) is 37.5 Å². The number of nitrogens with two attached hydrogens (primary N) is 1. The number of nitrogens with zero attached hydrogens (tertiary/aromatic N) is 1. The van der Waals surface area contributed by atoms with Crippen LogP contribution < -0.4 is 21.1 Å². The van der Waals surface area contributed by atoms with Crippen molar-refractivity contribution in [2.45, 2.75) is 82.8 Å². The van der Waals surface area contributed by atoms with Gasteiger partial charge in [-0.05, 0) is 63.5 Å². The van der Waals surface area contributed by atoms with E-state index in [1.54, 1.807) is 30.2 Å². The first-order valence-electron chi connectivity index (χ1n) is 14.0. The summed E-state index contributed by atoms with van der Waals surface area (Å²) in [4.78, 5) is 57.3. The quantitative estimate of drug-likeness (QED) is 0.403. The highest BCUT2D eigenvalue weighted by molar-refractivity contribution is 6.35. The number of ether oxygens (including phenoxy) is 1. The lowest BCUT2D eigenvalue weighted by Crippen LogP contribution is -2.53. The first kappa shape index (κ1) is 28.3. The molecule has 1 saturated carbocycles. The second-order valence-electron chi connectivity index (χ2n) is 12.4. The fraction of sp³-hybridized carbons (Fsp3) is 0.586. The largest absolute Gasteiger partial charge is 0.497 e. The molecule has 11 heteroatoms. The lowest BCUT2D eigenvalue weighted by Gasteiger charge is -2.32. The van der Waals surface area contributed by atoms with Gasteiger partial charge in [-0.1, -0.05) is 30.9 Å². The van der Waals surface area contributed by atoms with Crippen molar-refractivity contribution in [3.05, 3.63) is 28.9 Å². The first-order valence-corrected chi connectivity index (χ1v) is 14.4. The zero-order valence-electron chi connectivity index (χ0n) is 23.3. The normalized spacial score (nSPS) is 24.2. The topological polar surface area (TPSA) is 147 Å². The molecule has 1 spiro atoms. The summed E-state index contributed by atoms with van der Waals surface area (Å²) >= 11 is 6.43. The van der Waals surface area contributed by atoms with Crippen LogP contribution in [0.1, 0.15) is 75.7 Å². The van der Waals surface area contributed by atoms with E-state index in [4.69, 9.17) is 22.1 Å². The fourth-order valence-corrected chi connectivity index (χ4v) is 7.18. The van der Waals surface area contributed by atoms with Crippen molar-refractivity contribution in [3.8, 4) is 5.75 Å². The molecule has 2 aliphatic heterocycles. The maximum Gasteiger partial charge on any atom is 0.271 e. The summed E-state index contributed by atoms with van der Waals surface area (Å²) in [5.41, 5.74) is 6.09. The number of fused-ring (bicyclic) bond motifs is 1. The molecule has 2 saturated heterocycles. The van der Waals surface area contributed by atoms with Gasteiger partial charge in [0.05, 0.1) is 17.6 Å². The number of amides is 4. The van der Waals surface area contributed by atoms with E-state index in [9.17, 15) is 19.2 Å². The molecule has 5 rings (SSSR count). The molecule has 216 valence electrons. The predicted octanol–water partition coefficient (Wildman–Crippen LogP) is 3.27. The fourth-order valence-electron chi connectivity index (χ4n) is 6.91. The number of primary amides is 1. The van der Waals surface area contributed by atoms with E-state index < -0.39 is 29.8 Å². The summed E-state index contributed by atoms with van der Waals surface area (Å²) in [6, 6.07) is 3.41. The number of carbonyl (C=O) groups is 4. The summed E-state index contributed by atoms with van der Waals surface area (Å²) < 4.78 is 5.31. The minimum Gasteiger partial charge on any atom is -0.497 e. The van der Waals surface area contributed by atoms with Gasteiger partial charge < -0.3 is 31.0 Å². The van der Waals surface area contributed by atoms with Crippen molar-refractivity contribution >= 4 is 46.1 Å². The highest BCUT2D eigenvalue weighted by Crippen LogP contribution is 2.47. The van der Waals surface area contributed by atoms with E-state index >= 15 is 0 Å². The minimum absolute atomic E-state index is 0.116. The number of likely N-dealkylation sites (tertiary alicyclic amines) is 1. The number of nitrogens with one attached hydrogen (secondary N) is 3. The Morgan fingerprint density at radius 2 is 1.90 bits per heavy atom. The third-order valence-electron chi connectivity index (χ3n) is 8.88. The number of hydrogen-bond acceptors (Lipinski definition) is 5. The summed E-state index contributed by atoms with van der Waals surface area (Å²) in [6.45, 7) is 4.29. The smallest absolute Gasteiger partial charge is 0.271 e. The van der Waals surface area contributed by atoms with Crippen molar-refractivity contribution in [3.63, 3.8) is 0 Å². The van der Waals surface area contributed by atoms with Crippen molar-refractivity contribution < 1.29 is 23.9 Å². The monoisotopic (exact) mass is 571 g/mol. The molecule has 1 unspecified atom stereocenters. The Morgan fingerprint density at radius 1 is 1.18 bits per heavy atom. The molecule has 0 bridgehead atoms. The second-order valence-corrected chi connectivity index (χ2v) is 12.9. The predicted molar refractivity (Wildman–Crippen MR) is 151 cm³/mol. The van der Waals surface area contributed by atoms with Gasteiger partial charge in [0, 0.05) is 29.5 Å². The van der Waals surface area contributed by atoms with Crippen LogP contribution in [0.25, 0.3) is 10.9 Å². The highest BCUT2D eigenvalue weighted by Gasteiger charge is 2.50. The molecule has 40 heavy (non-hydrogen) atoms. The molecular formula is C29H38ClN5O5. The Kier molecular flexibility index (Phi) is 7.50. The van der Waals surface area contributed by atoms with Gasteiger partial charge in [0.2, 0.25) is 17.7 Å². The zero-order valence-corrected chi connectivity index (χ0v) is 24.0. The molecule has 3 aliphatic rings. The Balaban J connectivity index is 1.40. The molecule has 3 heterocycles. The van der Waals surface area contributed by atoms with Gasteiger partial charge in [-0.3, -0.25) is 19.2 Å². The highest BCUT2D eigenvalue weighted by atomic mass is 35.5. The number of carbonyl (C=O) groups excluding carboxylic acids is 4. The summed E-state index contributed by atoms with van der Waals surface area (Å²) in [6.07, 6.45) is 6.28. The Morgan fingerprint density at radius 3 is 2.52 bits per heavy atom. The van der Waals surface area contributed by atoms with Crippen molar-refractivity contribution in [1.29, 1.82) is 0 Å². The van der Waals surface area contributed by atoms with Crippen molar-refractivity contribution in [2.24, 2.45) is 17.1 Å². The van der Waals surface area contributed by atoms with Crippen LogP contribution in [0, 0.1) is 11.3 Å². The van der Waals surface area contributed by atoms with Crippen LogP contribution in [-0.2, 0) is 14.4 Å². The number of H-pyrrole nitrogens is 1. The minimum atomic E-state index is -1.02. The molecule has 4 amide bonds. The van der Waals surface area contributed by atoms with Crippen LogP contribution in [0.5, 0.6) is 5.75 Å². The van der Waals surface area contributed by atoms with Gasteiger partial charge in [0.25, 0.3) is 5.91 Å². The molecule has 0 radical (unpaired) electrons. The number of rotatable bonds is 7. The van der Waals surface area contributed by atoms with E-state index in [0.29, 0.717) is 41.4 Å². The number of methoxy groups -OCH3 is 1. The molecule has 10 nitrogen and oxygen atoms in total. The van der Waals surface area contributed by atoms with Gasteiger partial charge in [0.15, 0.2) is 0 Å². The van der Waals surface area contributed by atoms with Gasteiger partial charge in [-0.15, -0.1) is 0 Å². The third-order valence-corrected chi connectivity index (χ3v) is 9.17. The second kappa shape index (κ2) is 10.6. The van der Waals surface area contributed by atoms with Crippen LogP contribution in [-0.4, -0.2) is 64.8 Å². The number of benzene rings is 1. The standard InChI is InChI=1S/C29H38ClN5O5/c1-28(2)13-17(25(37)34-28)11-20(24(31)36)33-26(38)22-14-29(7-5-4-6-8-29)15-35(22)27(39)21-10-16-9-18(40-3)12-19(30)23(16)32-21/h9-10,12,17,20,22,32H,4-8,11,13-15H2,1-3H3,(H2,31,36)(H,33,38)(H,34,37)/t17-,20?,22+/m1/s1. The average molecular weight is 572 g/mol. The number of aromatic amines is 1. The van der Waals surface area contributed by atoms with Crippen molar-refractivity contribution in [2.75, 3.05) is 13.7 Å². The van der Waals surface area contributed by atoms with Gasteiger partial charge in [-0.2, -0.15) is 0 Å². The summed E-state index contributed by atoms with van der Waals surface area (Å²) in [5, 5.41) is 6.88. The van der Waals surface area contributed by atoms with Gasteiger partial charge >= 0.3 is 0 Å². The van der Waals surface area contributed by atoms with Crippen LogP contribution >= 0.6 is 11.6 Å². The number of aromatic nitrogens is 1. The summed E-state index contributed by atoms with van der Waals surface area (Å²) in [7, 11) is 1.55. The SMILES string of the molecule is COc1cc(Cl)c2[nH]c(C(=O)N3CC4(CCCCC4)C[C@H]3C(=O)NC(C[C@@H]3CC(C)(C)NC3=O)C(N)=O)cc2c1. The van der Waals surface area contributed by atoms with Gasteiger partial charge in [-0.25, -0.2) is 0 Å². The molecule has 1 aromatic carbocycles. The van der Waals surface area contributed by atoms with E-state index in [1.165, 1.54) is 0 Å². The average Bonchev–Trinajstić information content (AvgIpc) is 3.56. The van der Waals surface area contributed by atoms with E-state index in [2.05, 4.69) is 15.6 Å². The Labute approximate surface area is 238 Å². The van der Waals surface area contributed by atoms with Crippen LogP contribution in [0.2, 0.25) is 5.02 Å². The maximum atomic E-state index is 13.9.